The molecule has 0 saturated heterocycles. The van der Waals surface area contributed by atoms with E-state index < -0.39 is 0 Å². The van der Waals surface area contributed by atoms with Crippen molar-refractivity contribution in [2.75, 3.05) is 13.1 Å². The number of aromatic hydroxyl groups is 2. The van der Waals surface area contributed by atoms with Gasteiger partial charge < -0.3 is 10.2 Å². The van der Waals surface area contributed by atoms with E-state index in [1.54, 1.807) is 24.6 Å². The fraction of sp³-hybridized carbons (Fsp3) is 0.0833. The largest absolute Gasteiger partial charge is 0.507 e. The molecule has 4 nitrogen and oxygen atoms in total. The van der Waals surface area contributed by atoms with E-state index in [0.29, 0.717) is 24.2 Å². The predicted octanol–water partition coefficient (Wildman–Crippen LogP) is 4.94. The summed E-state index contributed by atoms with van der Waals surface area (Å²) >= 11 is 0. The molecule has 2 N–H and O–H groups in total. The molecule has 0 unspecified atom stereocenters. The minimum absolute atomic E-state index is 0. The second-order valence-corrected chi connectivity index (χ2v) is 6.51. The van der Waals surface area contributed by atoms with Gasteiger partial charge in [-0.15, -0.1) is 0 Å². The van der Waals surface area contributed by atoms with Crippen molar-refractivity contribution < 1.29 is 27.3 Å². The van der Waals surface area contributed by atoms with E-state index in [1.165, 1.54) is 0 Å². The van der Waals surface area contributed by atoms with Gasteiger partial charge in [0.25, 0.3) is 0 Å². The molecule has 0 aromatic heterocycles. The summed E-state index contributed by atoms with van der Waals surface area (Å²) in [4.78, 5) is 8.81. The number of rotatable bonds is 5. The van der Waals surface area contributed by atoms with E-state index in [0.717, 1.165) is 21.5 Å². The summed E-state index contributed by atoms with van der Waals surface area (Å²) in [5, 5.41) is 24.3. The molecule has 0 saturated carbocycles. The normalized spacial score (nSPS) is 11.4. The van der Waals surface area contributed by atoms with Gasteiger partial charge >= 0.3 is 0 Å². The average molecular weight is 424 g/mol. The van der Waals surface area contributed by atoms with Gasteiger partial charge in [-0.1, -0.05) is 60.7 Å². The van der Waals surface area contributed by atoms with Gasteiger partial charge in [0.15, 0.2) is 0 Å². The van der Waals surface area contributed by atoms with Gasteiger partial charge in [-0.05, 0) is 33.7 Å². The van der Waals surface area contributed by atoms with E-state index in [-0.39, 0.29) is 28.6 Å². The third kappa shape index (κ3) is 4.48. The van der Waals surface area contributed by atoms with Gasteiger partial charge in [-0.2, -0.15) is 0 Å². The molecule has 0 amide bonds. The number of fused-ring (bicyclic) bond motifs is 2. The van der Waals surface area contributed by atoms with E-state index in [9.17, 15) is 10.2 Å². The molecule has 0 aliphatic heterocycles. The van der Waals surface area contributed by atoms with Crippen molar-refractivity contribution in [2.45, 2.75) is 0 Å². The van der Waals surface area contributed by atoms with E-state index in [2.05, 4.69) is 9.98 Å². The summed E-state index contributed by atoms with van der Waals surface area (Å²) in [6.45, 7) is 0.982. The van der Waals surface area contributed by atoms with E-state index in [1.807, 2.05) is 60.7 Å². The summed E-state index contributed by atoms with van der Waals surface area (Å²) in [7, 11) is 0. The van der Waals surface area contributed by atoms with Gasteiger partial charge in [0.1, 0.15) is 11.5 Å². The fourth-order valence-corrected chi connectivity index (χ4v) is 3.27. The maximum Gasteiger partial charge on any atom is 0.124 e. The van der Waals surface area contributed by atoms with Crippen LogP contribution in [0.3, 0.4) is 0 Å². The van der Waals surface area contributed by atoms with Gasteiger partial charge in [0.05, 0.1) is 13.1 Å². The van der Waals surface area contributed by atoms with Crippen molar-refractivity contribution in [3.8, 4) is 11.5 Å². The van der Waals surface area contributed by atoms with Crippen molar-refractivity contribution in [3.05, 3.63) is 83.9 Å². The molecular formula is C24H20FeN2O2. The molecule has 146 valence electrons. The summed E-state index contributed by atoms with van der Waals surface area (Å²) in [5.41, 5.74) is 1.43. The van der Waals surface area contributed by atoms with E-state index >= 15 is 0 Å². The molecule has 5 heteroatoms. The Labute approximate surface area is 179 Å². The van der Waals surface area contributed by atoms with Crippen molar-refractivity contribution in [2.24, 2.45) is 9.98 Å². The van der Waals surface area contributed by atoms with Crippen LogP contribution in [-0.4, -0.2) is 35.7 Å². The molecule has 0 aliphatic rings. The summed E-state index contributed by atoms with van der Waals surface area (Å²) in [6.07, 6.45) is 3.39. The molecule has 4 aromatic rings. The van der Waals surface area contributed by atoms with Crippen LogP contribution < -0.4 is 0 Å². The Bertz CT molecular complexity index is 1110. The quantitative estimate of drug-likeness (QED) is 0.271. The first-order chi connectivity index (χ1) is 13.7. The van der Waals surface area contributed by atoms with E-state index in [4.69, 9.17) is 0 Å². The molecule has 0 radical (unpaired) electrons. The minimum atomic E-state index is 0. The monoisotopic (exact) mass is 424 g/mol. The number of phenols is 2. The van der Waals surface area contributed by atoms with Crippen molar-refractivity contribution in [1.82, 2.24) is 0 Å². The Morgan fingerprint density at radius 2 is 1.00 bits per heavy atom. The first-order valence-electron chi connectivity index (χ1n) is 9.15. The van der Waals surface area contributed by atoms with Crippen molar-refractivity contribution >= 4 is 34.0 Å². The van der Waals surface area contributed by atoms with Crippen molar-refractivity contribution in [1.29, 1.82) is 0 Å². The first kappa shape index (κ1) is 20.6. The number of phenolic OH excluding ortho intramolecular Hbond substituents is 2. The van der Waals surface area contributed by atoms with Gasteiger partial charge in [-0.3, -0.25) is 9.98 Å². The first-order valence-corrected chi connectivity index (χ1v) is 9.15. The molecule has 29 heavy (non-hydrogen) atoms. The minimum Gasteiger partial charge on any atom is -0.507 e. The van der Waals surface area contributed by atoms with Crippen LogP contribution in [-0.2, 0) is 17.1 Å². The summed E-state index contributed by atoms with van der Waals surface area (Å²) < 4.78 is 0. The molecule has 0 bridgehead atoms. The molecule has 4 aromatic carbocycles. The van der Waals surface area contributed by atoms with Gasteiger partial charge in [0, 0.05) is 40.6 Å². The summed E-state index contributed by atoms with van der Waals surface area (Å²) in [6, 6.07) is 22.9. The smallest absolute Gasteiger partial charge is 0.124 e. The molecule has 0 atom stereocenters. The third-order valence-electron chi connectivity index (χ3n) is 4.69. The van der Waals surface area contributed by atoms with Crippen LogP contribution in [0, 0.1) is 0 Å². The maximum absolute atomic E-state index is 10.1. The Balaban J connectivity index is 0.00000240. The standard InChI is InChI=1S/C24H20N2O2.Fe/c27-23-11-9-17-5-1-3-7-19(17)21(23)15-25-13-14-26-16-22-20-8-4-2-6-18(20)10-12-24(22)28;/h1-12,15-16,27-28H,13-14H2;. The van der Waals surface area contributed by atoms with Crippen LogP contribution in [0.1, 0.15) is 11.1 Å². The molecular weight excluding hydrogens is 404 g/mol. The van der Waals surface area contributed by atoms with Gasteiger partial charge in [-0.25, -0.2) is 0 Å². The topological polar surface area (TPSA) is 65.2 Å². The van der Waals surface area contributed by atoms with Crippen LogP contribution in [0.15, 0.2) is 82.8 Å². The zero-order chi connectivity index (χ0) is 19.3. The fourth-order valence-electron chi connectivity index (χ4n) is 3.27. The third-order valence-corrected chi connectivity index (χ3v) is 4.69. The zero-order valence-corrected chi connectivity index (χ0v) is 16.7. The second kappa shape index (κ2) is 9.37. The van der Waals surface area contributed by atoms with Crippen LogP contribution in [0.4, 0.5) is 0 Å². The van der Waals surface area contributed by atoms with Crippen LogP contribution in [0.5, 0.6) is 11.5 Å². The Morgan fingerprint density at radius 3 is 1.45 bits per heavy atom. The molecule has 0 fully saturated rings. The molecule has 0 aliphatic carbocycles. The maximum atomic E-state index is 10.1. The predicted molar refractivity (Wildman–Crippen MR) is 116 cm³/mol. The summed E-state index contributed by atoms with van der Waals surface area (Å²) in [5.74, 6) is 0.429. The van der Waals surface area contributed by atoms with Crippen LogP contribution >= 0.6 is 0 Å². The molecule has 4 rings (SSSR count). The second-order valence-electron chi connectivity index (χ2n) is 6.51. The number of hydrogen-bond donors (Lipinski definition) is 2. The number of benzene rings is 4. The number of hydrogen-bond acceptors (Lipinski definition) is 4. The van der Waals surface area contributed by atoms with Crippen LogP contribution in [0.25, 0.3) is 21.5 Å². The van der Waals surface area contributed by atoms with Crippen molar-refractivity contribution in [3.63, 3.8) is 0 Å². The Kier molecular flexibility index (Phi) is 6.65. The Hall–Kier alpha value is -3.14. The number of nitrogens with zero attached hydrogens (tertiary/aromatic N) is 2. The zero-order valence-electron chi connectivity index (χ0n) is 15.6. The number of aliphatic imine (C=N–C) groups is 2. The molecule has 0 heterocycles. The molecule has 0 spiro atoms. The Morgan fingerprint density at radius 1 is 0.586 bits per heavy atom. The SMILES string of the molecule is Oc1ccc2ccccc2c1C=NCCN=Cc1c(O)ccc2ccccc12.[Fe]. The average Bonchev–Trinajstić information content (AvgIpc) is 2.73. The van der Waals surface area contributed by atoms with Gasteiger partial charge in [0.2, 0.25) is 0 Å². The van der Waals surface area contributed by atoms with Crippen LogP contribution in [0.2, 0.25) is 0 Å².